The molecule has 176 valence electrons. The molecule has 0 fully saturated rings. The molecule has 2 heterocycles. The standard InChI is InChI=1S/C23H26N2O6S2/c1-14(13-27)30-21-11-17(31-16-3-5-19(6-4-16)33(2,28)29)9-15-10-20(25-22(15)21)23-24-12-18(32-23)7-8-26/h3-6,9-11,14,18,25-27H,7-8,12-13H2,1-2H3. The number of hydrogen-bond donors (Lipinski definition) is 3. The monoisotopic (exact) mass is 490 g/mol. The largest absolute Gasteiger partial charge is 0.486 e. The van der Waals surface area contributed by atoms with Crippen LogP contribution in [0.3, 0.4) is 0 Å². The van der Waals surface area contributed by atoms with E-state index in [9.17, 15) is 18.6 Å². The van der Waals surface area contributed by atoms with Gasteiger partial charge in [0.05, 0.1) is 29.3 Å². The number of aliphatic imine (C=N–C) groups is 1. The van der Waals surface area contributed by atoms with E-state index in [2.05, 4.69) is 9.98 Å². The number of aliphatic hydroxyl groups is 2. The minimum atomic E-state index is -3.29. The number of ether oxygens (including phenoxy) is 2. The minimum absolute atomic E-state index is 0.135. The minimum Gasteiger partial charge on any atom is -0.486 e. The van der Waals surface area contributed by atoms with Crippen LogP contribution in [0.1, 0.15) is 19.0 Å². The molecular formula is C23H26N2O6S2. The van der Waals surface area contributed by atoms with E-state index in [1.165, 1.54) is 12.1 Å². The van der Waals surface area contributed by atoms with Crippen LogP contribution in [0.15, 0.2) is 52.4 Å². The van der Waals surface area contributed by atoms with Crippen LogP contribution < -0.4 is 9.47 Å². The van der Waals surface area contributed by atoms with Gasteiger partial charge in [0, 0.05) is 29.6 Å². The van der Waals surface area contributed by atoms with Crippen molar-refractivity contribution >= 4 is 37.5 Å². The van der Waals surface area contributed by atoms with Crippen molar-refractivity contribution in [3.05, 3.63) is 48.2 Å². The molecule has 0 spiro atoms. The summed E-state index contributed by atoms with van der Waals surface area (Å²) in [5.41, 5.74) is 1.62. The zero-order chi connectivity index (χ0) is 23.6. The van der Waals surface area contributed by atoms with Crippen molar-refractivity contribution in [1.82, 2.24) is 4.98 Å². The van der Waals surface area contributed by atoms with Crippen LogP contribution in [0.4, 0.5) is 0 Å². The third kappa shape index (κ3) is 5.52. The first-order chi connectivity index (χ1) is 15.8. The molecule has 0 saturated heterocycles. The molecule has 0 amide bonds. The second-order valence-corrected chi connectivity index (χ2v) is 11.2. The van der Waals surface area contributed by atoms with Crippen LogP contribution in [0.25, 0.3) is 10.9 Å². The Morgan fingerprint density at radius 3 is 2.61 bits per heavy atom. The van der Waals surface area contributed by atoms with Crippen molar-refractivity contribution in [2.75, 3.05) is 26.0 Å². The van der Waals surface area contributed by atoms with Crippen LogP contribution in [-0.2, 0) is 9.84 Å². The average molecular weight is 491 g/mol. The van der Waals surface area contributed by atoms with Gasteiger partial charge >= 0.3 is 0 Å². The number of nitrogens with zero attached hydrogens (tertiary/aromatic N) is 1. The summed E-state index contributed by atoms with van der Waals surface area (Å²) in [6.07, 6.45) is 1.43. The Balaban J connectivity index is 1.66. The van der Waals surface area contributed by atoms with Gasteiger partial charge in [-0.05, 0) is 49.7 Å². The van der Waals surface area contributed by atoms with Crippen LogP contribution in [0.5, 0.6) is 17.2 Å². The molecular weight excluding hydrogens is 464 g/mol. The zero-order valence-corrected chi connectivity index (χ0v) is 19.9. The van der Waals surface area contributed by atoms with E-state index in [-0.39, 0.29) is 23.4 Å². The molecule has 8 nitrogen and oxygen atoms in total. The van der Waals surface area contributed by atoms with Crippen LogP contribution in [-0.4, -0.2) is 66.0 Å². The Labute approximate surface area is 196 Å². The summed E-state index contributed by atoms with van der Waals surface area (Å²) in [6.45, 7) is 2.43. The lowest BCUT2D eigenvalue weighted by atomic mass is 10.2. The topological polar surface area (TPSA) is 121 Å². The second kappa shape index (κ2) is 9.76. The summed E-state index contributed by atoms with van der Waals surface area (Å²) < 4.78 is 35.3. The number of nitrogens with one attached hydrogen (secondary N) is 1. The Morgan fingerprint density at radius 2 is 1.94 bits per heavy atom. The molecule has 0 saturated carbocycles. The summed E-state index contributed by atoms with van der Waals surface area (Å²) in [4.78, 5) is 8.19. The molecule has 1 aliphatic rings. The summed E-state index contributed by atoms with van der Waals surface area (Å²) >= 11 is 1.64. The number of aromatic nitrogens is 1. The molecule has 2 atom stereocenters. The number of benzene rings is 2. The Morgan fingerprint density at radius 1 is 1.18 bits per heavy atom. The van der Waals surface area contributed by atoms with Gasteiger partial charge in [-0.25, -0.2) is 8.42 Å². The maximum Gasteiger partial charge on any atom is 0.175 e. The molecule has 2 unspecified atom stereocenters. The first-order valence-electron chi connectivity index (χ1n) is 10.5. The zero-order valence-electron chi connectivity index (χ0n) is 18.3. The van der Waals surface area contributed by atoms with Gasteiger partial charge in [-0.15, -0.1) is 0 Å². The predicted molar refractivity (Wildman–Crippen MR) is 130 cm³/mol. The van der Waals surface area contributed by atoms with E-state index in [1.807, 2.05) is 12.1 Å². The highest BCUT2D eigenvalue weighted by Crippen LogP contribution is 2.36. The highest BCUT2D eigenvalue weighted by atomic mass is 32.2. The SMILES string of the molecule is CC(CO)Oc1cc(Oc2ccc(S(C)(=O)=O)cc2)cc2cc(C3=NCC(CCO)S3)[nH]c12. The Bertz CT molecular complexity index is 1270. The predicted octanol–water partition coefficient (Wildman–Crippen LogP) is 3.37. The molecule has 10 heteroatoms. The van der Waals surface area contributed by atoms with Crippen LogP contribution in [0.2, 0.25) is 0 Å². The third-order valence-electron chi connectivity index (χ3n) is 5.14. The fourth-order valence-electron chi connectivity index (χ4n) is 3.46. The molecule has 1 aliphatic heterocycles. The lowest BCUT2D eigenvalue weighted by Gasteiger charge is -2.14. The molecule has 0 radical (unpaired) electrons. The second-order valence-electron chi connectivity index (χ2n) is 7.92. The summed E-state index contributed by atoms with van der Waals surface area (Å²) in [7, 11) is -3.29. The van der Waals surface area contributed by atoms with E-state index >= 15 is 0 Å². The fourth-order valence-corrected chi connectivity index (χ4v) is 5.16. The third-order valence-corrected chi connectivity index (χ3v) is 7.56. The van der Waals surface area contributed by atoms with Crippen LogP contribution in [0, 0.1) is 0 Å². The van der Waals surface area contributed by atoms with Gasteiger partial charge < -0.3 is 24.7 Å². The van der Waals surface area contributed by atoms with E-state index in [0.29, 0.717) is 30.2 Å². The normalized spacial score (nSPS) is 17.2. The van der Waals surface area contributed by atoms with Crippen molar-refractivity contribution in [3.63, 3.8) is 0 Å². The number of aliphatic hydroxyl groups excluding tert-OH is 2. The van der Waals surface area contributed by atoms with Crippen LogP contribution >= 0.6 is 11.8 Å². The molecule has 0 aliphatic carbocycles. The number of rotatable bonds is 9. The fraction of sp³-hybridized carbons (Fsp3) is 0.348. The van der Waals surface area contributed by atoms with Gasteiger partial charge in [-0.2, -0.15) is 0 Å². The van der Waals surface area contributed by atoms with E-state index < -0.39 is 15.9 Å². The number of fused-ring (bicyclic) bond motifs is 1. The van der Waals surface area contributed by atoms with Crippen molar-refractivity contribution in [1.29, 1.82) is 0 Å². The Hall–Kier alpha value is -2.53. The van der Waals surface area contributed by atoms with E-state index in [0.717, 1.165) is 27.9 Å². The summed E-state index contributed by atoms with van der Waals surface area (Å²) in [5, 5.41) is 20.6. The Kier molecular flexibility index (Phi) is 6.99. The molecule has 1 aromatic heterocycles. The number of hydrogen-bond acceptors (Lipinski definition) is 8. The number of aromatic amines is 1. The van der Waals surface area contributed by atoms with Crippen molar-refractivity contribution < 1.29 is 28.1 Å². The summed E-state index contributed by atoms with van der Waals surface area (Å²) in [6, 6.07) is 11.8. The van der Waals surface area contributed by atoms with Gasteiger partial charge in [-0.1, -0.05) is 11.8 Å². The lowest BCUT2D eigenvalue weighted by Crippen LogP contribution is -2.16. The lowest BCUT2D eigenvalue weighted by molar-refractivity contribution is 0.131. The maximum absolute atomic E-state index is 11.7. The molecule has 0 bridgehead atoms. The van der Waals surface area contributed by atoms with Gasteiger partial charge in [-0.3, -0.25) is 4.99 Å². The molecule has 33 heavy (non-hydrogen) atoms. The van der Waals surface area contributed by atoms with Gasteiger partial charge in [0.1, 0.15) is 28.4 Å². The first kappa shape index (κ1) is 23.6. The van der Waals surface area contributed by atoms with Gasteiger partial charge in [0.15, 0.2) is 9.84 Å². The van der Waals surface area contributed by atoms with Gasteiger partial charge in [0.2, 0.25) is 0 Å². The van der Waals surface area contributed by atoms with Gasteiger partial charge in [0.25, 0.3) is 0 Å². The number of sulfone groups is 1. The number of thioether (sulfide) groups is 1. The highest BCUT2D eigenvalue weighted by molar-refractivity contribution is 8.15. The molecule has 3 N–H and O–H groups in total. The quantitative estimate of drug-likeness (QED) is 0.420. The van der Waals surface area contributed by atoms with Crippen molar-refractivity contribution in [3.8, 4) is 17.2 Å². The highest BCUT2D eigenvalue weighted by Gasteiger charge is 2.23. The average Bonchev–Trinajstić information content (AvgIpc) is 3.41. The molecule has 2 aromatic carbocycles. The van der Waals surface area contributed by atoms with E-state index in [4.69, 9.17) is 9.47 Å². The van der Waals surface area contributed by atoms with Crippen molar-refractivity contribution in [2.24, 2.45) is 4.99 Å². The molecule has 3 aromatic rings. The van der Waals surface area contributed by atoms with E-state index in [1.54, 1.807) is 36.9 Å². The molecule has 4 rings (SSSR count). The first-order valence-corrected chi connectivity index (χ1v) is 13.3. The summed E-state index contributed by atoms with van der Waals surface area (Å²) in [5.74, 6) is 1.53. The van der Waals surface area contributed by atoms with Crippen molar-refractivity contribution in [2.45, 2.75) is 29.6 Å². The maximum atomic E-state index is 11.7. The number of H-pyrrole nitrogens is 1. The smallest absolute Gasteiger partial charge is 0.175 e.